The van der Waals surface area contributed by atoms with Crippen LogP contribution in [0.2, 0.25) is 0 Å². The molecule has 26 heavy (non-hydrogen) atoms. The summed E-state index contributed by atoms with van der Waals surface area (Å²) in [6, 6.07) is 8.18. The number of fused-ring (bicyclic) bond motifs is 1. The molecule has 0 saturated carbocycles. The highest BCUT2D eigenvalue weighted by molar-refractivity contribution is 6.04. The predicted molar refractivity (Wildman–Crippen MR) is 104 cm³/mol. The van der Waals surface area contributed by atoms with Gasteiger partial charge in [0.2, 0.25) is 0 Å². The van der Waals surface area contributed by atoms with Crippen molar-refractivity contribution in [2.75, 3.05) is 32.7 Å². The zero-order valence-corrected chi connectivity index (χ0v) is 15.9. The van der Waals surface area contributed by atoms with Crippen molar-refractivity contribution in [1.29, 1.82) is 0 Å². The van der Waals surface area contributed by atoms with Gasteiger partial charge in [-0.3, -0.25) is 9.48 Å². The molecule has 1 amide bonds. The summed E-state index contributed by atoms with van der Waals surface area (Å²) < 4.78 is 2.05. The van der Waals surface area contributed by atoms with E-state index in [1.165, 1.54) is 38.8 Å². The molecule has 1 aromatic carbocycles. The van der Waals surface area contributed by atoms with Crippen LogP contribution in [0.3, 0.4) is 0 Å². The standard InChI is InChI=1S/C21H30N4O/c1-17-8-7-13-24(16-17)21(26)20-18-9-3-4-10-19(18)25(22-20)15-14-23-11-5-2-6-12-23/h3-4,9-10,17H,2,5-8,11-16H2,1H3. The van der Waals surface area contributed by atoms with E-state index in [-0.39, 0.29) is 5.91 Å². The fourth-order valence-electron chi connectivity index (χ4n) is 4.40. The van der Waals surface area contributed by atoms with Gasteiger partial charge < -0.3 is 9.80 Å². The quantitative estimate of drug-likeness (QED) is 0.845. The number of nitrogens with zero attached hydrogens (tertiary/aromatic N) is 4. The summed E-state index contributed by atoms with van der Waals surface area (Å²) >= 11 is 0. The number of amides is 1. The molecule has 1 unspecified atom stereocenters. The number of likely N-dealkylation sites (tertiary alicyclic amines) is 2. The van der Waals surface area contributed by atoms with Gasteiger partial charge in [0.1, 0.15) is 0 Å². The van der Waals surface area contributed by atoms with Crippen LogP contribution in [0.15, 0.2) is 24.3 Å². The van der Waals surface area contributed by atoms with Crippen LogP contribution in [0.4, 0.5) is 0 Å². The Balaban J connectivity index is 1.56. The van der Waals surface area contributed by atoms with Crippen molar-refractivity contribution in [2.24, 2.45) is 5.92 Å². The van der Waals surface area contributed by atoms with Crippen molar-refractivity contribution >= 4 is 16.8 Å². The second kappa shape index (κ2) is 7.78. The number of para-hydroxylation sites is 1. The van der Waals surface area contributed by atoms with Gasteiger partial charge in [-0.2, -0.15) is 5.10 Å². The van der Waals surface area contributed by atoms with Gasteiger partial charge in [-0.25, -0.2) is 0 Å². The Kier molecular flexibility index (Phi) is 5.25. The Labute approximate surface area is 155 Å². The zero-order valence-electron chi connectivity index (χ0n) is 15.9. The van der Waals surface area contributed by atoms with Gasteiger partial charge in [0.15, 0.2) is 5.69 Å². The minimum Gasteiger partial charge on any atom is -0.337 e. The van der Waals surface area contributed by atoms with E-state index in [1.807, 2.05) is 27.8 Å². The van der Waals surface area contributed by atoms with Crippen LogP contribution in [-0.4, -0.2) is 58.2 Å². The lowest BCUT2D eigenvalue weighted by atomic mass is 10.00. The molecule has 5 nitrogen and oxygen atoms in total. The molecule has 0 N–H and O–H groups in total. The molecule has 1 atom stereocenters. The average Bonchev–Trinajstić information content (AvgIpc) is 3.05. The Hall–Kier alpha value is -1.88. The van der Waals surface area contributed by atoms with Gasteiger partial charge >= 0.3 is 0 Å². The molecule has 2 aromatic rings. The molecule has 0 aliphatic carbocycles. The first-order chi connectivity index (χ1) is 12.7. The summed E-state index contributed by atoms with van der Waals surface area (Å²) in [5, 5.41) is 5.77. The van der Waals surface area contributed by atoms with Crippen LogP contribution in [0, 0.1) is 5.92 Å². The fraction of sp³-hybridized carbons (Fsp3) is 0.619. The number of benzene rings is 1. The second-order valence-corrected chi connectivity index (χ2v) is 7.99. The molecule has 2 saturated heterocycles. The maximum absolute atomic E-state index is 13.1. The van der Waals surface area contributed by atoms with E-state index in [0.717, 1.165) is 43.5 Å². The van der Waals surface area contributed by atoms with Gasteiger partial charge in [0.05, 0.1) is 12.1 Å². The molecular formula is C21H30N4O. The number of aromatic nitrogens is 2. The number of carbonyl (C=O) groups is 1. The molecule has 1 aromatic heterocycles. The van der Waals surface area contributed by atoms with Crippen molar-refractivity contribution in [3.8, 4) is 0 Å². The predicted octanol–water partition coefficient (Wildman–Crippen LogP) is 3.39. The Morgan fingerprint density at radius 1 is 1.08 bits per heavy atom. The highest BCUT2D eigenvalue weighted by Crippen LogP contribution is 2.23. The third-order valence-corrected chi connectivity index (χ3v) is 5.88. The average molecular weight is 354 g/mol. The summed E-state index contributed by atoms with van der Waals surface area (Å²) in [5.74, 6) is 0.685. The van der Waals surface area contributed by atoms with Gasteiger partial charge in [0.25, 0.3) is 5.91 Å². The number of rotatable bonds is 4. The lowest BCUT2D eigenvalue weighted by molar-refractivity contribution is 0.0678. The Bertz CT molecular complexity index is 762. The van der Waals surface area contributed by atoms with E-state index < -0.39 is 0 Å². The van der Waals surface area contributed by atoms with Crippen molar-refractivity contribution in [3.63, 3.8) is 0 Å². The minimum absolute atomic E-state index is 0.101. The normalized spacial score (nSPS) is 22.0. The molecule has 5 heteroatoms. The first kappa shape index (κ1) is 17.5. The number of carbonyl (C=O) groups excluding carboxylic acids is 1. The van der Waals surface area contributed by atoms with Crippen molar-refractivity contribution in [2.45, 2.75) is 45.6 Å². The molecule has 140 valence electrons. The van der Waals surface area contributed by atoms with Gasteiger partial charge in [-0.15, -0.1) is 0 Å². The van der Waals surface area contributed by atoms with Gasteiger partial charge in [0, 0.05) is 25.0 Å². The van der Waals surface area contributed by atoms with E-state index in [4.69, 9.17) is 5.10 Å². The van der Waals surface area contributed by atoms with Gasteiger partial charge in [-0.1, -0.05) is 31.5 Å². The highest BCUT2D eigenvalue weighted by atomic mass is 16.2. The SMILES string of the molecule is CC1CCCN(C(=O)c2nn(CCN3CCCCC3)c3ccccc23)C1. The summed E-state index contributed by atoms with van der Waals surface area (Å²) in [4.78, 5) is 17.6. The topological polar surface area (TPSA) is 41.4 Å². The largest absolute Gasteiger partial charge is 0.337 e. The Morgan fingerprint density at radius 3 is 2.69 bits per heavy atom. The van der Waals surface area contributed by atoms with E-state index in [2.05, 4.69) is 17.9 Å². The lowest BCUT2D eigenvalue weighted by Gasteiger charge is -2.30. The monoisotopic (exact) mass is 354 g/mol. The fourth-order valence-corrected chi connectivity index (χ4v) is 4.40. The van der Waals surface area contributed by atoms with E-state index >= 15 is 0 Å². The zero-order chi connectivity index (χ0) is 17.9. The highest BCUT2D eigenvalue weighted by Gasteiger charge is 2.26. The first-order valence-electron chi connectivity index (χ1n) is 10.2. The summed E-state index contributed by atoms with van der Waals surface area (Å²) in [7, 11) is 0. The molecule has 4 rings (SSSR count). The molecule has 0 radical (unpaired) electrons. The van der Waals surface area contributed by atoms with Crippen LogP contribution in [0.1, 0.15) is 49.5 Å². The smallest absolute Gasteiger partial charge is 0.275 e. The summed E-state index contributed by atoms with van der Waals surface area (Å²) in [6.45, 7) is 8.19. The molecule has 2 aliphatic rings. The molecule has 2 aliphatic heterocycles. The van der Waals surface area contributed by atoms with Gasteiger partial charge in [-0.05, 0) is 50.8 Å². The first-order valence-corrected chi connectivity index (χ1v) is 10.2. The number of hydrogen-bond donors (Lipinski definition) is 0. The number of piperidine rings is 2. The van der Waals surface area contributed by atoms with Crippen LogP contribution in [-0.2, 0) is 6.54 Å². The van der Waals surface area contributed by atoms with Crippen LogP contribution < -0.4 is 0 Å². The van der Waals surface area contributed by atoms with Crippen molar-refractivity contribution < 1.29 is 4.79 Å². The molecule has 0 bridgehead atoms. The molecule has 3 heterocycles. The van der Waals surface area contributed by atoms with Crippen molar-refractivity contribution in [3.05, 3.63) is 30.0 Å². The van der Waals surface area contributed by atoms with E-state index in [0.29, 0.717) is 11.6 Å². The molecule has 0 spiro atoms. The number of hydrogen-bond acceptors (Lipinski definition) is 3. The third-order valence-electron chi connectivity index (χ3n) is 5.88. The van der Waals surface area contributed by atoms with Crippen LogP contribution in [0.25, 0.3) is 10.9 Å². The maximum atomic E-state index is 13.1. The lowest BCUT2D eigenvalue weighted by Crippen LogP contribution is -2.39. The maximum Gasteiger partial charge on any atom is 0.275 e. The minimum atomic E-state index is 0.101. The third kappa shape index (κ3) is 3.63. The van der Waals surface area contributed by atoms with E-state index in [1.54, 1.807) is 0 Å². The van der Waals surface area contributed by atoms with Crippen LogP contribution >= 0.6 is 0 Å². The van der Waals surface area contributed by atoms with Crippen molar-refractivity contribution in [1.82, 2.24) is 19.6 Å². The summed E-state index contributed by atoms with van der Waals surface area (Å²) in [5.41, 5.74) is 1.71. The van der Waals surface area contributed by atoms with E-state index in [9.17, 15) is 4.79 Å². The Morgan fingerprint density at radius 2 is 1.88 bits per heavy atom. The molecule has 2 fully saturated rings. The molecular weight excluding hydrogens is 324 g/mol. The summed E-state index contributed by atoms with van der Waals surface area (Å²) in [6.07, 6.45) is 6.27. The van der Waals surface area contributed by atoms with Crippen LogP contribution in [0.5, 0.6) is 0 Å². The second-order valence-electron chi connectivity index (χ2n) is 7.99.